The maximum atomic E-state index is 13.6. The Labute approximate surface area is 105 Å². The van der Waals surface area contributed by atoms with Gasteiger partial charge in [-0.2, -0.15) is 0 Å². The van der Waals surface area contributed by atoms with Gasteiger partial charge in [-0.25, -0.2) is 13.3 Å². The molecule has 0 radical (unpaired) electrons. The second-order valence-electron chi connectivity index (χ2n) is 4.98. The largest absolute Gasteiger partial charge is 0.242 e. The highest BCUT2D eigenvalue weighted by Crippen LogP contribution is 2.22. The van der Waals surface area contributed by atoms with Crippen molar-refractivity contribution < 1.29 is 8.60 Å². The van der Waals surface area contributed by atoms with Gasteiger partial charge in [-0.15, -0.1) is 0 Å². The van der Waals surface area contributed by atoms with Gasteiger partial charge in [-0.3, -0.25) is 0 Å². The molecule has 0 bridgehead atoms. The summed E-state index contributed by atoms with van der Waals surface area (Å²) in [5.74, 6) is -0.252. The molecule has 0 saturated heterocycles. The molecule has 0 fully saturated rings. The molecule has 4 heteroatoms. The molecular weight excluding hydrogens is 237 g/mol. The zero-order chi connectivity index (χ0) is 13.1. The number of nitrogens with one attached hydrogen (secondary N) is 1. The molecule has 2 atom stereocenters. The number of rotatable bonds is 4. The first-order valence-electron chi connectivity index (χ1n) is 5.78. The van der Waals surface area contributed by atoms with Crippen LogP contribution in [0.5, 0.6) is 0 Å². The van der Waals surface area contributed by atoms with Crippen molar-refractivity contribution in [3.63, 3.8) is 0 Å². The number of benzene rings is 1. The van der Waals surface area contributed by atoms with Crippen molar-refractivity contribution in [2.45, 2.75) is 44.9 Å². The first kappa shape index (κ1) is 14.3. The third kappa shape index (κ3) is 3.89. The van der Waals surface area contributed by atoms with Gasteiger partial charge in [0.15, 0.2) is 0 Å². The van der Waals surface area contributed by atoms with Crippen LogP contribution in [0.4, 0.5) is 4.39 Å². The van der Waals surface area contributed by atoms with E-state index >= 15 is 0 Å². The minimum Gasteiger partial charge on any atom is -0.242 e. The van der Waals surface area contributed by atoms with Crippen LogP contribution >= 0.6 is 0 Å². The van der Waals surface area contributed by atoms with Crippen molar-refractivity contribution in [3.8, 4) is 0 Å². The van der Waals surface area contributed by atoms with Crippen molar-refractivity contribution >= 4 is 11.0 Å². The van der Waals surface area contributed by atoms with Gasteiger partial charge in [0.1, 0.15) is 5.82 Å². The number of halogens is 1. The quantitative estimate of drug-likeness (QED) is 0.880. The van der Waals surface area contributed by atoms with E-state index in [1.54, 1.807) is 18.2 Å². The van der Waals surface area contributed by atoms with Crippen LogP contribution < -0.4 is 4.72 Å². The highest BCUT2D eigenvalue weighted by Gasteiger charge is 2.23. The van der Waals surface area contributed by atoms with E-state index in [0.29, 0.717) is 12.0 Å². The minimum absolute atomic E-state index is 0.212. The van der Waals surface area contributed by atoms with Crippen LogP contribution in [0.1, 0.15) is 45.7 Å². The molecule has 0 aromatic heterocycles. The molecule has 1 aromatic carbocycles. The summed E-state index contributed by atoms with van der Waals surface area (Å²) in [6, 6.07) is 6.40. The van der Waals surface area contributed by atoms with Crippen molar-refractivity contribution in [1.82, 2.24) is 4.72 Å². The number of hydrogen-bond acceptors (Lipinski definition) is 1. The Hall–Kier alpha value is -0.740. The Morgan fingerprint density at radius 2 is 1.94 bits per heavy atom. The van der Waals surface area contributed by atoms with Gasteiger partial charge >= 0.3 is 0 Å². The predicted octanol–water partition coefficient (Wildman–Crippen LogP) is 3.33. The van der Waals surface area contributed by atoms with E-state index < -0.39 is 11.0 Å². The molecule has 1 rings (SSSR count). The van der Waals surface area contributed by atoms with E-state index in [2.05, 4.69) is 4.72 Å². The van der Waals surface area contributed by atoms with Crippen LogP contribution in [-0.2, 0) is 11.0 Å². The summed E-state index contributed by atoms with van der Waals surface area (Å²) in [5.41, 5.74) is 0.576. The molecule has 96 valence electrons. The van der Waals surface area contributed by atoms with E-state index in [1.165, 1.54) is 6.07 Å². The number of hydrogen-bond donors (Lipinski definition) is 1. The average Bonchev–Trinajstić information content (AvgIpc) is 2.25. The van der Waals surface area contributed by atoms with E-state index in [9.17, 15) is 8.60 Å². The van der Waals surface area contributed by atoms with Gasteiger partial charge in [-0.05, 0) is 33.3 Å². The molecule has 17 heavy (non-hydrogen) atoms. The fourth-order valence-electron chi connectivity index (χ4n) is 1.43. The molecule has 0 saturated carbocycles. The Kier molecular flexibility index (Phi) is 4.83. The highest BCUT2D eigenvalue weighted by atomic mass is 32.2. The average molecular weight is 257 g/mol. The summed E-state index contributed by atoms with van der Waals surface area (Å²) in [6.07, 6.45) is 0.697. The van der Waals surface area contributed by atoms with E-state index in [-0.39, 0.29) is 16.6 Å². The molecule has 0 spiro atoms. The zero-order valence-electron chi connectivity index (χ0n) is 10.8. The maximum Gasteiger partial charge on any atom is 0.128 e. The second kappa shape index (κ2) is 5.74. The molecule has 1 N–H and O–H groups in total. The van der Waals surface area contributed by atoms with Crippen LogP contribution in [0.25, 0.3) is 0 Å². The summed E-state index contributed by atoms with van der Waals surface area (Å²) in [6.45, 7) is 7.63. The standard InChI is InChI=1S/C13H20FNOS/c1-5-12(15-17(16)13(2,3)4)10-8-6-7-9-11(10)14/h6-9,12,15H,5H2,1-4H3/t12-,17+/m1/s1. The van der Waals surface area contributed by atoms with Crippen LogP contribution in [0.3, 0.4) is 0 Å². The lowest BCUT2D eigenvalue weighted by Crippen LogP contribution is -2.35. The SMILES string of the molecule is CC[C@@H](N[S@@](=O)C(C)(C)C)c1ccccc1F. The lowest BCUT2D eigenvalue weighted by Gasteiger charge is -2.24. The molecule has 0 aliphatic carbocycles. The van der Waals surface area contributed by atoms with Crippen molar-refractivity contribution in [2.75, 3.05) is 0 Å². The Bertz CT molecular complexity index is 401. The fraction of sp³-hybridized carbons (Fsp3) is 0.538. The van der Waals surface area contributed by atoms with Gasteiger partial charge in [0, 0.05) is 11.6 Å². The zero-order valence-corrected chi connectivity index (χ0v) is 11.6. The molecular formula is C13H20FNOS. The van der Waals surface area contributed by atoms with Gasteiger partial charge in [-0.1, -0.05) is 25.1 Å². The Morgan fingerprint density at radius 1 is 1.35 bits per heavy atom. The first-order chi connectivity index (χ1) is 7.86. The lowest BCUT2D eigenvalue weighted by molar-refractivity contribution is 0.545. The van der Waals surface area contributed by atoms with E-state index in [0.717, 1.165) is 0 Å². The molecule has 0 amide bonds. The van der Waals surface area contributed by atoms with E-state index in [4.69, 9.17) is 0 Å². The van der Waals surface area contributed by atoms with Crippen molar-refractivity contribution in [1.29, 1.82) is 0 Å². The summed E-state index contributed by atoms with van der Waals surface area (Å²) in [5, 5.41) is 0. The predicted molar refractivity (Wildman–Crippen MR) is 70.5 cm³/mol. The van der Waals surface area contributed by atoms with Crippen LogP contribution in [-0.4, -0.2) is 8.96 Å². The summed E-state index contributed by atoms with van der Waals surface area (Å²) < 4.78 is 28.3. The van der Waals surface area contributed by atoms with E-state index in [1.807, 2.05) is 27.7 Å². The van der Waals surface area contributed by atoms with Gasteiger partial charge in [0.2, 0.25) is 0 Å². The molecule has 0 heterocycles. The summed E-state index contributed by atoms with van der Waals surface area (Å²) >= 11 is 0. The molecule has 1 aromatic rings. The van der Waals surface area contributed by atoms with Crippen LogP contribution in [0, 0.1) is 5.82 Å². The Balaban J connectivity index is 2.87. The second-order valence-corrected chi connectivity index (χ2v) is 6.98. The monoisotopic (exact) mass is 257 g/mol. The minimum atomic E-state index is -1.19. The van der Waals surface area contributed by atoms with Crippen LogP contribution in [0.15, 0.2) is 24.3 Å². The van der Waals surface area contributed by atoms with Gasteiger partial charge < -0.3 is 0 Å². The third-order valence-corrected chi connectivity index (χ3v) is 4.11. The van der Waals surface area contributed by atoms with Crippen LogP contribution in [0.2, 0.25) is 0 Å². The molecule has 0 unspecified atom stereocenters. The molecule has 0 aliphatic heterocycles. The maximum absolute atomic E-state index is 13.6. The third-order valence-electron chi connectivity index (χ3n) is 2.49. The first-order valence-corrected chi connectivity index (χ1v) is 6.93. The lowest BCUT2D eigenvalue weighted by atomic mass is 10.1. The molecule has 2 nitrogen and oxygen atoms in total. The van der Waals surface area contributed by atoms with Crippen molar-refractivity contribution in [3.05, 3.63) is 35.6 Å². The van der Waals surface area contributed by atoms with Gasteiger partial charge in [0.05, 0.1) is 15.7 Å². The fourth-order valence-corrected chi connectivity index (χ4v) is 2.34. The molecule has 0 aliphatic rings. The highest BCUT2D eigenvalue weighted by molar-refractivity contribution is 7.84. The topological polar surface area (TPSA) is 29.1 Å². The smallest absolute Gasteiger partial charge is 0.128 e. The van der Waals surface area contributed by atoms with Crippen molar-refractivity contribution in [2.24, 2.45) is 0 Å². The Morgan fingerprint density at radius 3 is 2.41 bits per heavy atom. The summed E-state index contributed by atoms with van der Waals surface area (Å²) in [7, 11) is -1.19. The van der Waals surface area contributed by atoms with Gasteiger partial charge in [0.25, 0.3) is 0 Å². The normalized spacial score (nSPS) is 15.6. The summed E-state index contributed by atoms with van der Waals surface area (Å²) in [4.78, 5) is 0.